The minimum absolute atomic E-state index is 0.0974. The number of hydrogen-bond donors (Lipinski definition) is 2. The molecule has 2 atom stereocenters. The van der Waals surface area contributed by atoms with Crippen LogP contribution in [0.25, 0.3) is 4.91 Å². The SMILES string of the molecule is C/C=C(\SC(=NC(CCC)CC(C)O)N(C)C)c1ccc(C(N)=O)cc1.CC. The van der Waals surface area contributed by atoms with Gasteiger partial charge in [-0.3, -0.25) is 9.79 Å². The van der Waals surface area contributed by atoms with E-state index < -0.39 is 5.91 Å². The van der Waals surface area contributed by atoms with E-state index in [9.17, 15) is 9.90 Å². The number of allylic oxidation sites excluding steroid dienone is 1. The van der Waals surface area contributed by atoms with E-state index >= 15 is 0 Å². The smallest absolute Gasteiger partial charge is 0.248 e. The summed E-state index contributed by atoms with van der Waals surface area (Å²) in [6.45, 7) is 9.92. The summed E-state index contributed by atoms with van der Waals surface area (Å²) in [6, 6.07) is 7.37. The van der Waals surface area contributed by atoms with Gasteiger partial charge in [0.15, 0.2) is 5.17 Å². The van der Waals surface area contributed by atoms with Crippen LogP contribution in [0.2, 0.25) is 0 Å². The van der Waals surface area contributed by atoms with Crippen LogP contribution in [0.15, 0.2) is 35.3 Å². The Kier molecular flexibility index (Phi) is 13.3. The Morgan fingerprint density at radius 2 is 1.79 bits per heavy atom. The number of hydrogen-bond acceptors (Lipinski definition) is 4. The van der Waals surface area contributed by atoms with Gasteiger partial charge < -0.3 is 15.7 Å². The second kappa shape index (κ2) is 14.2. The summed E-state index contributed by atoms with van der Waals surface area (Å²) in [7, 11) is 3.95. The molecule has 0 heterocycles. The highest BCUT2D eigenvalue weighted by Gasteiger charge is 2.15. The average Bonchev–Trinajstić information content (AvgIpc) is 2.66. The molecule has 0 fully saturated rings. The van der Waals surface area contributed by atoms with Crippen molar-refractivity contribution in [2.24, 2.45) is 10.7 Å². The zero-order chi connectivity index (χ0) is 21.7. The molecular weight excluding hydrogens is 370 g/mol. The van der Waals surface area contributed by atoms with Gasteiger partial charge in [-0.05, 0) is 44.4 Å². The van der Waals surface area contributed by atoms with Gasteiger partial charge in [-0.1, -0.05) is 57.2 Å². The Morgan fingerprint density at radius 3 is 2.18 bits per heavy atom. The van der Waals surface area contributed by atoms with Crippen LogP contribution in [0.4, 0.5) is 0 Å². The Hall–Kier alpha value is -1.79. The van der Waals surface area contributed by atoms with Crippen LogP contribution in [-0.4, -0.2) is 47.3 Å². The fraction of sp³-hybridized carbons (Fsp3) is 0.545. The number of primary amides is 1. The van der Waals surface area contributed by atoms with Crippen molar-refractivity contribution in [1.29, 1.82) is 0 Å². The van der Waals surface area contributed by atoms with Gasteiger partial charge in [-0.2, -0.15) is 0 Å². The molecule has 0 saturated carbocycles. The number of aliphatic hydroxyl groups excluding tert-OH is 1. The number of amidine groups is 1. The zero-order valence-corrected chi connectivity index (χ0v) is 19.2. The molecule has 1 aromatic rings. The van der Waals surface area contributed by atoms with Gasteiger partial charge in [0.1, 0.15) is 0 Å². The minimum atomic E-state index is -0.428. The molecule has 0 bridgehead atoms. The van der Waals surface area contributed by atoms with E-state index in [1.165, 1.54) is 0 Å². The number of rotatable bonds is 8. The molecule has 0 aliphatic rings. The third-order valence-electron chi connectivity index (χ3n) is 3.83. The number of thioether (sulfide) groups is 1. The number of nitrogens with zero attached hydrogens (tertiary/aromatic N) is 2. The number of amides is 1. The van der Waals surface area contributed by atoms with E-state index in [1.54, 1.807) is 30.8 Å². The number of benzene rings is 1. The highest BCUT2D eigenvalue weighted by molar-refractivity contribution is 8.21. The van der Waals surface area contributed by atoms with Crippen LogP contribution in [-0.2, 0) is 0 Å². The summed E-state index contributed by atoms with van der Waals surface area (Å²) in [6.07, 6.45) is 4.29. The summed E-state index contributed by atoms with van der Waals surface area (Å²) >= 11 is 1.59. The molecule has 3 N–H and O–H groups in total. The number of nitrogens with two attached hydrogens (primary N) is 1. The maximum Gasteiger partial charge on any atom is 0.248 e. The van der Waals surface area contributed by atoms with Gasteiger partial charge in [-0.15, -0.1) is 0 Å². The first kappa shape index (κ1) is 26.2. The lowest BCUT2D eigenvalue weighted by atomic mass is 10.1. The van der Waals surface area contributed by atoms with Crippen molar-refractivity contribution >= 4 is 27.7 Å². The molecule has 1 aromatic carbocycles. The lowest BCUT2D eigenvalue weighted by molar-refractivity contribution is 0.1000. The van der Waals surface area contributed by atoms with Crippen LogP contribution in [0.3, 0.4) is 0 Å². The fourth-order valence-electron chi connectivity index (χ4n) is 2.53. The molecule has 6 heteroatoms. The predicted octanol–water partition coefficient (Wildman–Crippen LogP) is 4.76. The largest absolute Gasteiger partial charge is 0.393 e. The molecule has 1 amide bonds. The summed E-state index contributed by atoms with van der Waals surface area (Å²) in [5.41, 5.74) is 6.82. The molecule has 0 aromatic heterocycles. The van der Waals surface area contributed by atoms with Crippen LogP contribution < -0.4 is 5.73 Å². The van der Waals surface area contributed by atoms with E-state index in [1.807, 2.05) is 58.0 Å². The molecule has 1 rings (SSSR count). The molecule has 158 valence electrons. The van der Waals surface area contributed by atoms with E-state index in [2.05, 4.69) is 6.92 Å². The molecule has 5 nitrogen and oxygen atoms in total. The van der Waals surface area contributed by atoms with E-state index in [0.717, 1.165) is 28.5 Å². The molecule has 28 heavy (non-hydrogen) atoms. The Morgan fingerprint density at radius 1 is 1.25 bits per heavy atom. The standard InChI is InChI=1S/C20H31N3O2S.C2H6/c1-6-8-17(13-14(3)24)22-20(23(4)5)26-18(7-2)15-9-11-16(12-10-15)19(21)25;1-2/h7,9-12,14,17,24H,6,8,13H2,1-5H3,(H2,21,25);1-2H3/b18-7-,22-20?;. The van der Waals surface area contributed by atoms with Crippen molar-refractivity contribution in [1.82, 2.24) is 4.90 Å². The monoisotopic (exact) mass is 407 g/mol. The normalized spacial score (nSPS) is 14.0. The summed E-state index contributed by atoms with van der Waals surface area (Å²) < 4.78 is 0. The Labute approximate surface area is 175 Å². The number of carbonyl (C=O) groups excluding carboxylic acids is 1. The number of carbonyl (C=O) groups is 1. The van der Waals surface area contributed by atoms with Crippen molar-refractivity contribution in [3.8, 4) is 0 Å². The van der Waals surface area contributed by atoms with Gasteiger partial charge in [-0.25, -0.2) is 0 Å². The van der Waals surface area contributed by atoms with E-state index in [-0.39, 0.29) is 12.1 Å². The Balaban J connectivity index is 0.00000352. The fourth-order valence-corrected chi connectivity index (χ4v) is 3.49. The number of aliphatic hydroxyl groups is 1. The van der Waals surface area contributed by atoms with Gasteiger partial charge >= 0.3 is 0 Å². The van der Waals surface area contributed by atoms with Crippen molar-refractivity contribution in [3.63, 3.8) is 0 Å². The molecule has 0 aliphatic carbocycles. The van der Waals surface area contributed by atoms with Crippen LogP contribution in [0.1, 0.15) is 69.8 Å². The van der Waals surface area contributed by atoms with Gasteiger partial charge in [0.2, 0.25) is 5.91 Å². The highest BCUT2D eigenvalue weighted by Crippen LogP contribution is 2.30. The summed E-state index contributed by atoms with van der Waals surface area (Å²) in [4.78, 5) is 19.2. The minimum Gasteiger partial charge on any atom is -0.393 e. The van der Waals surface area contributed by atoms with Crippen LogP contribution in [0, 0.1) is 0 Å². The van der Waals surface area contributed by atoms with Crippen molar-refractivity contribution in [2.45, 2.75) is 66.0 Å². The number of aliphatic imine (C=N–C) groups is 1. The highest BCUT2D eigenvalue weighted by atomic mass is 32.2. The van der Waals surface area contributed by atoms with Crippen molar-refractivity contribution < 1.29 is 9.90 Å². The molecule has 2 unspecified atom stereocenters. The lowest BCUT2D eigenvalue weighted by Crippen LogP contribution is -2.23. The first-order chi connectivity index (χ1) is 13.3. The van der Waals surface area contributed by atoms with Gasteiger partial charge in [0.05, 0.1) is 12.1 Å². The van der Waals surface area contributed by atoms with Crippen molar-refractivity contribution in [3.05, 3.63) is 41.5 Å². The van der Waals surface area contributed by atoms with Gasteiger partial charge in [0, 0.05) is 24.6 Å². The second-order valence-electron chi connectivity index (χ2n) is 6.53. The molecule has 0 saturated heterocycles. The topological polar surface area (TPSA) is 78.9 Å². The Bertz CT molecular complexity index is 638. The third-order valence-corrected chi connectivity index (χ3v) is 5.17. The van der Waals surface area contributed by atoms with Crippen molar-refractivity contribution in [2.75, 3.05) is 14.1 Å². The quantitative estimate of drug-likeness (QED) is 0.481. The van der Waals surface area contributed by atoms with E-state index in [4.69, 9.17) is 10.7 Å². The molecule has 0 aliphatic heterocycles. The molecular formula is C22H37N3O2S. The molecule has 0 spiro atoms. The van der Waals surface area contributed by atoms with Crippen LogP contribution >= 0.6 is 11.8 Å². The van der Waals surface area contributed by atoms with Crippen LogP contribution in [0.5, 0.6) is 0 Å². The first-order valence-corrected chi connectivity index (χ1v) is 10.8. The summed E-state index contributed by atoms with van der Waals surface area (Å²) in [5.74, 6) is -0.428. The average molecular weight is 408 g/mol. The predicted molar refractivity (Wildman–Crippen MR) is 124 cm³/mol. The maximum atomic E-state index is 11.2. The third kappa shape index (κ3) is 9.42. The molecule has 0 radical (unpaired) electrons. The maximum absolute atomic E-state index is 11.2. The lowest BCUT2D eigenvalue weighted by Gasteiger charge is -2.21. The zero-order valence-electron chi connectivity index (χ0n) is 18.4. The van der Waals surface area contributed by atoms with E-state index in [0.29, 0.717) is 12.0 Å². The second-order valence-corrected chi connectivity index (χ2v) is 7.54. The summed E-state index contributed by atoms with van der Waals surface area (Å²) in [5, 5.41) is 10.6. The first-order valence-electron chi connectivity index (χ1n) is 9.96. The van der Waals surface area contributed by atoms with Gasteiger partial charge in [0.25, 0.3) is 0 Å².